The van der Waals surface area contributed by atoms with E-state index in [1.54, 1.807) is 6.20 Å². The molecule has 1 aliphatic heterocycles. The number of aromatic amines is 2. The van der Waals surface area contributed by atoms with Crippen molar-refractivity contribution in [2.24, 2.45) is 0 Å². The Bertz CT molecular complexity index is 872. The van der Waals surface area contributed by atoms with Crippen molar-refractivity contribution in [3.8, 4) is 10.4 Å². The second-order valence-corrected chi connectivity index (χ2v) is 6.74. The Morgan fingerprint density at radius 2 is 2.27 bits per heavy atom. The van der Waals surface area contributed by atoms with E-state index >= 15 is 0 Å². The highest BCUT2D eigenvalue weighted by Gasteiger charge is 2.19. The van der Waals surface area contributed by atoms with Gasteiger partial charge >= 0.3 is 0 Å². The minimum Gasteiger partial charge on any atom is -0.308 e. The van der Waals surface area contributed by atoms with Gasteiger partial charge in [0.25, 0.3) is 5.56 Å². The summed E-state index contributed by atoms with van der Waals surface area (Å²) in [7, 11) is 0. The molecule has 0 aliphatic carbocycles. The third-order valence-electron chi connectivity index (χ3n) is 4.14. The lowest BCUT2D eigenvalue weighted by Crippen LogP contribution is -2.29. The Kier molecular flexibility index (Phi) is 3.31. The molecule has 0 unspecified atom stereocenters. The first-order chi connectivity index (χ1) is 10.7. The molecule has 3 aromatic heterocycles. The monoisotopic (exact) mass is 315 g/mol. The van der Waals surface area contributed by atoms with E-state index in [-0.39, 0.29) is 11.6 Å². The summed E-state index contributed by atoms with van der Waals surface area (Å²) < 4.78 is 0.676. The number of thiophene rings is 1. The van der Waals surface area contributed by atoms with Crippen molar-refractivity contribution in [1.82, 2.24) is 25.5 Å². The molecule has 1 fully saturated rings. The van der Waals surface area contributed by atoms with Gasteiger partial charge in [-0.1, -0.05) is 6.42 Å². The second kappa shape index (κ2) is 5.33. The third-order valence-corrected chi connectivity index (χ3v) is 5.29. The molecular weight excluding hydrogens is 298 g/mol. The van der Waals surface area contributed by atoms with E-state index in [0.717, 1.165) is 40.4 Å². The van der Waals surface area contributed by atoms with Crippen LogP contribution in [0.25, 0.3) is 20.7 Å². The summed E-state index contributed by atoms with van der Waals surface area (Å²) in [5, 5.41) is 10.4. The van der Waals surface area contributed by atoms with Crippen molar-refractivity contribution >= 4 is 21.6 Å². The molecule has 1 atom stereocenters. The van der Waals surface area contributed by atoms with Gasteiger partial charge in [0.05, 0.1) is 17.8 Å². The van der Waals surface area contributed by atoms with E-state index < -0.39 is 0 Å². The first-order valence-electron chi connectivity index (χ1n) is 7.50. The predicted octanol–water partition coefficient (Wildman–Crippen LogP) is 2.50. The molecule has 114 valence electrons. The largest absolute Gasteiger partial charge is 0.308 e. The summed E-state index contributed by atoms with van der Waals surface area (Å²) in [6.07, 6.45) is 5.16. The normalized spacial score (nSPS) is 18.9. The highest BCUT2D eigenvalue weighted by molar-refractivity contribution is 7.22. The Hall–Kier alpha value is -1.99. The van der Waals surface area contributed by atoms with Crippen LogP contribution in [0.15, 0.2) is 17.1 Å². The van der Waals surface area contributed by atoms with Crippen molar-refractivity contribution < 1.29 is 0 Å². The highest BCUT2D eigenvalue weighted by atomic mass is 32.1. The van der Waals surface area contributed by atoms with E-state index in [0.29, 0.717) is 4.70 Å². The second-order valence-electron chi connectivity index (χ2n) is 5.69. The van der Waals surface area contributed by atoms with Crippen LogP contribution in [0.3, 0.4) is 0 Å². The fraction of sp³-hybridized carbons (Fsp3) is 0.400. The van der Waals surface area contributed by atoms with Crippen molar-refractivity contribution in [2.45, 2.75) is 32.2 Å². The average molecular weight is 315 g/mol. The minimum atomic E-state index is -0.0511. The number of hydrogen-bond donors (Lipinski definition) is 3. The van der Waals surface area contributed by atoms with Crippen LogP contribution in [0, 0.1) is 6.92 Å². The maximum Gasteiger partial charge on any atom is 0.268 e. The van der Waals surface area contributed by atoms with Crippen molar-refractivity contribution in [3.63, 3.8) is 0 Å². The number of hydrogen-bond acceptors (Lipinski definition) is 5. The number of aryl methyl sites for hydroxylation is 1. The van der Waals surface area contributed by atoms with Crippen molar-refractivity contribution in [3.05, 3.63) is 34.1 Å². The maximum atomic E-state index is 12.4. The number of aromatic nitrogens is 4. The molecule has 6 nitrogen and oxygen atoms in total. The molecule has 0 bridgehead atoms. The van der Waals surface area contributed by atoms with Gasteiger partial charge in [0.1, 0.15) is 10.5 Å². The van der Waals surface area contributed by atoms with Crippen LogP contribution in [-0.2, 0) is 0 Å². The van der Waals surface area contributed by atoms with E-state index in [9.17, 15) is 4.79 Å². The number of rotatable bonds is 2. The average Bonchev–Trinajstić information content (AvgIpc) is 3.14. The van der Waals surface area contributed by atoms with E-state index in [1.165, 1.54) is 24.2 Å². The van der Waals surface area contributed by atoms with Crippen LogP contribution >= 0.6 is 11.3 Å². The molecule has 3 N–H and O–H groups in total. The van der Waals surface area contributed by atoms with Gasteiger partial charge < -0.3 is 10.3 Å². The van der Waals surface area contributed by atoms with E-state index in [1.807, 2.05) is 13.0 Å². The first kappa shape index (κ1) is 13.7. The summed E-state index contributed by atoms with van der Waals surface area (Å²) in [5.41, 5.74) is 2.74. The molecule has 0 saturated carbocycles. The number of nitrogens with one attached hydrogen (secondary N) is 3. The number of piperidine rings is 1. The molecule has 4 rings (SSSR count). The van der Waals surface area contributed by atoms with Gasteiger partial charge in [-0.2, -0.15) is 5.10 Å². The molecule has 1 aliphatic rings. The lowest BCUT2D eigenvalue weighted by atomic mass is 10.0. The zero-order valence-electron chi connectivity index (χ0n) is 12.3. The van der Waals surface area contributed by atoms with Crippen LogP contribution in [0.2, 0.25) is 0 Å². The molecule has 4 heterocycles. The van der Waals surface area contributed by atoms with Crippen LogP contribution in [-0.4, -0.2) is 26.7 Å². The fourth-order valence-electron chi connectivity index (χ4n) is 2.94. The molecule has 7 heteroatoms. The van der Waals surface area contributed by atoms with Gasteiger partial charge in [-0.15, -0.1) is 11.3 Å². The molecule has 0 radical (unpaired) electrons. The van der Waals surface area contributed by atoms with Gasteiger partial charge in [0.15, 0.2) is 0 Å². The topological polar surface area (TPSA) is 86.5 Å². The Labute approximate surface area is 131 Å². The molecule has 0 aromatic carbocycles. The van der Waals surface area contributed by atoms with Gasteiger partial charge in [-0.05, 0) is 32.4 Å². The molecule has 3 aromatic rings. The molecule has 0 amide bonds. The summed E-state index contributed by atoms with van der Waals surface area (Å²) in [5.74, 6) is 0.755. The van der Waals surface area contributed by atoms with Gasteiger partial charge in [-0.3, -0.25) is 9.89 Å². The standard InChI is InChI=1S/C15H17N5OS/c1-8-9(7-17-20-8)12-6-11-13(22-12)15(21)19-14(18-11)10-4-2-3-5-16-10/h6-7,10,16H,2-5H2,1H3,(H,17,20)(H,18,19,21)/t10-/m0/s1. The van der Waals surface area contributed by atoms with Crippen LogP contribution in [0.4, 0.5) is 0 Å². The highest BCUT2D eigenvalue weighted by Crippen LogP contribution is 2.32. The Morgan fingerprint density at radius 1 is 1.36 bits per heavy atom. The molecule has 0 spiro atoms. The van der Waals surface area contributed by atoms with E-state index in [4.69, 9.17) is 0 Å². The SMILES string of the molecule is Cc1[nH]ncc1-c1cc2nc([C@@H]3CCCCN3)[nH]c(=O)c2s1. The number of fused-ring (bicyclic) bond motifs is 1. The quantitative estimate of drug-likeness (QED) is 0.678. The Balaban J connectivity index is 1.81. The van der Waals surface area contributed by atoms with Gasteiger partial charge in [-0.25, -0.2) is 4.98 Å². The summed E-state index contributed by atoms with van der Waals surface area (Å²) in [4.78, 5) is 21.0. The van der Waals surface area contributed by atoms with Crippen LogP contribution in [0.5, 0.6) is 0 Å². The predicted molar refractivity (Wildman–Crippen MR) is 87.2 cm³/mol. The fourth-order valence-corrected chi connectivity index (χ4v) is 4.00. The zero-order chi connectivity index (χ0) is 15.1. The summed E-state index contributed by atoms with van der Waals surface area (Å²) in [6, 6.07) is 2.14. The van der Waals surface area contributed by atoms with Gasteiger partial charge in [0.2, 0.25) is 0 Å². The molecular formula is C15H17N5OS. The third kappa shape index (κ3) is 2.26. The van der Waals surface area contributed by atoms with Crippen LogP contribution in [0.1, 0.15) is 36.8 Å². The maximum absolute atomic E-state index is 12.4. The van der Waals surface area contributed by atoms with Gasteiger partial charge in [0, 0.05) is 16.1 Å². The summed E-state index contributed by atoms with van der Waals surface area (Å²) >= 11 is 1.46. The number of H-pyrrole nitrogens is 2. The lowest BCUT2D eigenvalue weighted by molar-refractivity contribution is 0.397. The first-order valence-corrected chi connectivity index (χ1v) is 8.31. The zero-order valence-corrected chi connectivity index (χ0v) is 13.1. The van der Waals surface area contributed by atoms with Crippen molar-refractivity contribution in [1.29, 1.82) is 0 Å². The van der Waals surface area contributed by atoms with Crippen LogP contribution < -0.4 is 10.9 Å². The van der Waals surface area contributed by atoms with E-state index in [2.05, 4.69) is 25.5 Å². The minimum absolute atomic E-state index is 0.0511. The molecule has 22 heavy (non-hydrogen) atoms. The van der Waals surface area contributed by atoms with Crippen molar-refractivity contribution in [2.75, 3.05) is 6.54 Å². The smallest absolute Gasteiger partial charge is 0.268 e. The Morgan fingerprint density at radius 3 is 3.00 bits per heavy atom. The lowest BCUT2D eigenvalue weighted by Gasteiger charge is -2.22. The molecule has 1 saturated heterocycles. The summed E-state index contributed by atoms with van der Waals surface area (Å²) in [6.45, 7) is 2.96. The number of nitrogens with zero attached hydrogens (tertiary/aromatic N) is 2.